The van der Waals surface area contributed by atoms with E-state index < -0.39 is 0 Å². The zero-order valence-electron chi connectivity index (χ0n) is 12.4. The average Bonchev–Trinajstić information content (AvgIpc) is 2.50. The molecule has 1 heterocycles. The first kappa shape index (κ1) is 14.2. The maximum absolute atomic E-state index is 12.7. The Balaban J connectivity index is 2.33. The molecule has 22 heavy (non-hydrogen) atoms. The van der Waals surface area contributed by atoms with Crippen LogP contribution in [0.3, 0.4) is 0 Å². The van der Waals surface area contributed by atoms with Crippen molar-refractivity contribution in [3.8, 4) is 22.8 Å². The SMILES string of the molecule is CCOc1c(-c2ccc(O)cc2)oc2cc(C)ccc2c1=O. The quantitative estimate of drug-likeness (QED) is 0.797. The molecule has 1 aromatic heterocycles. The second-order valence-electron chi connectivity index (χ2n) is 5.07. The molecule has 4 nitrogen and oxygen atoms in total. The summed E-state index contributed by atoms with van der Waals surface area (Å²) >= 11 is 0. The van der Waals surface area contributed by atoms with Gasteiger partial charge in [0.1, 0.15) is 11.3 Å². The summed E-state index contributed by atoms with van der Waals surface area (Å²) in [5, 5.41) is 9.91. The van der Waals surface area contributed by atoms with Crippen molar-refractivity contribution in [2.24, 2.45) is 0 Å². The molecule has 0 aliphatic carbocycles. The van der Waals surface area contributed by atoms with E-state index in [1.54, 1.807) is 30.3 Å². The number of hydrogen-bond acceptors (Lipinski definition) is 4. The molecule has 4 heteroatoms. The Hall–Kier alpha value is -2.75. The van der Waals surface area contributed by atoms with E-state index in [9.17, 15) is 9.90 Å². The van der Waals surface area contributed by atoms with Crippen LogP contribution in [0.25, 0.3) is 22.3 Å². The van der Waals surface area contributed by atoms with Crippen LogP contribution >= 0.6 is 0 Å². The molecule has 0 aliphatic heterocycles. The Morgan fingerprint density at radius 3 is 2.55 bits per heavy atom. The molecule has 112 valence electrons. The van der Waals surface area contributed by atoms with Gasteiger partial charge in [-0.1, -0.05) is 6.07 Å². The second-order valence-corrected chi connectivity index (χ2v) is 5.07. The van der Waals surface area contributed by atoms with Gasteiger partial charge in [0.05, 0.1) is 12.0 Å². The van der Waals surface area contributed by atoms with Crippen molar-refractivity contribution in [2.45, 2.75) is 13.8 Å². The molecule has 3 aromatic rings. The third kappa shape index (κ3) is 2.44. The number of phenols is 1. The van der Waals surface area contributed by atoms with Crippen LogP contribution in [0.4, 0.5) is 0 Å². The van der Waals surface area contributed by atoms with E-state index in [-0.39, 0.29) is 16.9 Å². The van der Waals surface area contributed by atoms with Crippen LogP contribution < -0.4 is 10.2 Å². The van der Waals surface area contributed by atoms with Crippen molar-refractivity contribution in [3.63, 3.8) is 0 Å². The summed E-state index contributed by atoms with van der Waals surface area (Å²) in [4.78, 5) is 12.7. The molecule has 3 rings (SSSR count). The zero-order valence-corrected chi connectivity index (χ0v) is 12.4. The monoisotopic (exact) mass is 296 g/mol. The molecule has 0 saturated heterocycles. The maximum atomic E-state index is 12.7. The molecule has 0 unspecified atom stereocenters. The number of ether oxygens (including phenoxy) is 1. The molecule has 0 amide bonds. The topological polar surface area (TPSA) is 59.7 Å². The molecule has 0 spiro atoms. The molecular formula is C18H16O4. The Bertz CT molecular complexity index is 876. The molecule has 0 aliphatic rings. The van der Waals surface area contributed by atoms with Crippen molar-refractivity contribution >= 4 is 11.0 Å². The highest BCUT2D eigenvalue weighted by Gasteiger charge is 2.17. The lowest BCUT2D eigenvalue weighted by atomic mass is 10.1. The van der Waals surface area contributed by atoms with Crippen molar-refractivity contribution in [1.82, 2.24) is 0 Å². The fourth-order valence-corrected chi connectivity index (χ4v) is 2.36. The third-order valence-electron chi connectivity index (χ3n) is 3.42. The predicted molar refractivity (Wildman–Crippen MR) is 85.5 cm³/mol. The number of phenolic OH excluding ortho intramolecular Hbond substituents is 1. The lowest BCUT2D eigenvalue weighted by molar-refractivity contribution is 0.330. The minimum atomic E-state index is -0.189. The van der Waals surface area contributed by atoms with E-state index in [0.29, 0.717) is 28.9 Å². The first-order valence-corrected chi connectivity index (χ1v) is 7.10. The molecule has 1 N–H and O–H groups in total. The maximum Gasteiger partial charge on any atom is 0.235 e. The number of benzene rings is 2. The molecule has 2 aromatic carbocycles. The second kappa shape index (κ2) is 5.56. The lowest BCUT2D eigenvalue weighted by Crippen LogP contribution is -2.10. The van der Waals surface area contributed by atoms with Crippen molar-refractivity contribution in [3.05, 3.63) is 58.3 Å². The molecule has 0 saturated carbocycles. The standard InChI is InChI=1S/C18H16O4/c1-3-21-18-16(20)14-9-4-11(2)10-15(14)22-17(18)12-5-7-13(19)8-6-12/h4-10,19H,3H2,1-2H3. The summed E-state index contributed by atoms with van der Waals surface area (Å²) in [6, 6.07) is 11.9. The van der Waals surface area contributed by atoms with Gasteiger partial charge in [-0.05, 0) is 55.8 Å². The van der Waals surface area contributed by atoms with Crippen molar-refractivity contribution in [1.29, 1.82) is 0 Å². The van der Waals surface area contributed by atoms with Crippen LogP contribution in [0.5, 0.6) is 11.5 Å². The van der Waals surface area contributed by atoms with Gasteiger partial charge in [-0.25, -0.2) is 0 Å². The number of aryl methyl sites for hydroxylation is 1. The minimum absolute atomic E-state index is 0.153. The van der Waals surface area contributed by atoms with Crippen molar-refractivity contribution in [2.75, 3.05) is 6.61 Å². The Kier molecular flexibility index (Phi) is 3.59. The van der Waals surface area contributed by atoms with Gasteiger partial charge in [-0.2, -0.15) is 0 Å². The number of aromatic hydroxyl groups is 1. The summed E-state index contributed by atoms with van der Waals surface area (Å²) in [5.41, 5.74) is 2.03. The smallest absolute Gasteiger partial charge is 0.235 e. The Labute approximate surface area is 127 Å². The molecule has 0 fully saturated rings. The van der Waals surface area contributed by atoms with Crippen LogP contribution in [0.1, 0.15) is 12.5 Å². The fraction of sp³-hybridized carbons (Fsp3) is 0.167. The van der Waals surface area contributed by atoms with Gasteiger partial charge in [0.2, 0.25) is 11.2 Å². The van der Waals surface area contributed by atoms with Gasteiger partial charge >= 0.3 is 0 Å². The summed E-state index contributed by atoms with van der Waals surface area (Å²) < 4.78 is 11.4. The lowest BCUT2D eigenvalue weighted by Gasteiger charge is -2.10. The minimum Gasteiger partial charge on any atom is -0.508 e. The largest absolute Gasteiger partial charge is 0.508 e. The van der Waals surface area contributed by atoms with Gasteiger partial charge in [-0.3, -0.25) is 4.79 Å². The summed E-state index contributed by atoms with van der Waals surface area (Å²) in [7, 11) is 0. The highest BCUT2D eigenvalue weighted by Crippen LogP contribution is 2.32. The van der Waals surface area contributed by atoms with E-state index in [4.69, 9.17) is 9.15 Å². The highest BCUT2D eigenvalue weighted by molar-refractivity contribution is 5.82. The molecule has 0 bridgehead atoms. The van der Waals surface area contributed by atoms with Crippen molar-refractivity contribution < 1.29 is 14.3 Å². The van der Waals surface area contributed by atoms with Gasteiger partial charge in [0, 0.05) is 5.56 Å². The summed E-state index contributed by atoms with van der Waals surface area (Å²) in [6.07, 6.45) is 0. The van der Waals surface area contributed by atoms with E-state index in [0.717, 1.165) is 5.56 Å². The van der Waals surface area contributed by atoms with E-state index in [1.807, 2.05) is 26.0 Å². The fourth-order valence-electron chi connectivity index (χ4n) is 2.36. The number of rotatable bonds is 3. The zero-order chi connectivity index (χ0) is 15.7. The highest BCUT2D eigenvalue weighted by atomic mass is 16.5. The van der Waals surface area contributed by atoms with E-state index in [1.165, 1.54) is 0 Å². The van der Waals surface area contributed by atoms with Gasteiger partial charge < -0.3 is 14.3 Å². The molecule has 0 radical (unpaired) electrons. The normalized spacial score (nSPS) is 10.8. The Morgan fingerprint density at radius 1 is 1.14 bits per heavy atom. The molecular weight excluding hydrogens is 280 g/mol. The van der Waals surface area contributed by atoms with Gasteiger partial charge in [0.25, 0.3) is 0 Å². The third-order valence-corrected chi connectivity index (χ3v) is 3.42. The van der Waals surface area contributed by atoms with E-state index >= 15 is 0 Å². The van der Waals surface area contributed by atoms with E-state index in [2.05, 4.69) is 0 Å². The Morgan fingerprint density at radius 2 is 1.86 bits per heavy atom. The average molecular weight is 296 g/mol. The van der Waals surface area contributed by atoms with Crippen LogP contribution in [-0.2, 0) is 0 Å². The molecule has 0 atom stereocenters. The van der Waals surface area contributed by atoms with Crippen LogP contribution in [-0.4, -0.2) is 11.7 Å². The predicted octanol–water partition coefficient (Wildman–Crippen LogP) is 3.87. The summed E-state index contributed by atoms with van der Waals surface area (Å²) in [5.74, 6) is 0.732. The van der Waals surface area contributed by atoms with Gasteiger partial charge in [-0.15, -0.1) is 0 Å². The first-order chi connectivity index (χ1) is 10.6. The van der Waals surface area contributed by atoms with Gasteiger partial charge in [0.15, 0.2) is 5.76 Å². The van der Waals surface area contributed by atoms with Crippen LogP contribution in [0.15, 0.2) is 51.7 Å². The first-order valence-electron chi connectivity index (χ1n) is 7.10. The van der Waals surface area contributed by atoms with Crippen LogP contribution in [0, 0.1) is 6.92 Å². The van der Waals surface area contributed by atoms with Crippen LogP contribution in [0.2, 0.25) is 0 Å². The summed E-state index contributed by atoms with van der Waals surface area (Å²) in [6.45, 7) is 4.13. The number of hydrogen-bond donors (Lipinski definition) is 1. The number of fused-ring (bicyclic) bond motifs is 1.